The second kappa shape index (κ2) is 9.19. The molecule has 1 heterocycles. The van der Waals surface area contributed by atoms with Crippen LogP contribution in [0.15, 0.2) is 48.5 Å². The molecular formula is C21H24N2O4. The smallest absolute Gasteiger partial charge is 0.256 e. The van der Waals surface area contributed by atoms with Crippen LogP contribution >= 0.6 is 0 Å². The van der Waals surface area contributed by atoms with Gasteiger partial charge in [0.1, 0.15) is 5.75 Å². The van der Waals surface area contributed by atoms with E-state index in [1.165, 1.54) is 0 Å². The first-order chi connectivity index (χ1) is 13.2. The van der Waals surface area contributed by atoms with E-state index in [4.69, 9.17) is 9.47 Å². The molecule has 0 aromatic heterocycles. The Morgan fingerprint density at radius 1 is 1.07 bits per heavy atom. The number of benzene rings is 2. The predicted molar refractivity (Wildman–Crippen MR) is 103 cm³/mol. The molecule has 2 amide bonds. The van der Waals surface area contributed by atoms with Crippen molar-refractivity contribution in [1.82, 2.24) is 4.90 Å². The van der Waals surface area contributed by atoms with Gasteiger partial charge in [-0.2, -0.15) is 0 Å². The zero-order valence-electron chi connectivity index (χ0n) is 15.4. The highest BCUT2D eigenvalue weighted by Crippen LogP contribution is 2.20. The van der Waals surface area contributed by atoms with Gasteiger partial charge in [-0.3, -0.25) is 9.59 Å². The zero-order valence-corrected chi connectivity index (χ0v) is 15.4. The maximum Gasteiger partial charge on any atom is 0.256 e. The van der Waals surface area contributed by atoms with Crippen LogP contribution in [0.4, 0.5) is 5.69 Å². The van der Waals surface area contributed by atoms with Crippen molar-refractivity contribution in [2.24, 2.45) is 0 Å². The van der Waals surface area contributed by atoms with Crippen molar-refractivity contribution < 1.29 is 19.1 Å². The highest BCUT2D eigenvalue weighted by Gasteiger charge is 2.21. The number of anilines is 1. The van der Waals surface area contributed by atoms with Crippen molar-refractivity contribution in [3.63, 3.8) is 0 Å². The number of para-hydroxylation sites is 1. The minimum absolute atomic E-state index is 0.0995. The summed E-state index contributed by atoms with van der Waals surface area (Å²) in [7, 11) is 0. The van der Waals surface area contributed by atoms with Crippen LogP contribution in [0, 0.1) is 0 Å². The first kappa shape index (κ1) is 18.9. The van der Waals surface area contributed by atoms with Gasteiger partial charge in [0.25, 0.3) is 11.8 Å². The lowest BCUT2D eigenvalue weighted by Crippen LogP contribution is -2.41. The molecule has 6 nitrogen and oxygen atoms in total. The van der Waals surface area contributed by atoms with Crippen LogP contribution in [-0.2, 0) is 4.74 Å². The zero-order chi connectivity index (χ0) is 19.1. The van der Waals surface area contributed by atoms with Crippen LogP contribution < -0.4 is 10.1 Å². The Hall–Kier alpha value is -2.86. The van der Waals surface area contributed by atoms with Crippen LogP contribution in [-0.4, -0.2) is 49.6 Å². The maximum atomic E-state index is 12.8. The molecule has 0 atom stereocenters. The van der Waals surface area contributed by atoms with E-state index in [1.807, 2.05) is 6.92 Å². The first-order valence-corrected chi connectivity index (χ1v) is 9.19. The Kier molecular flexibility index (Phi) is 6.44. The third-order valence-corrected chi connectivity index (χ3v) is 4.29. The molecule has 6 heteroatoms. The Morgan fingerprint density at radius 3 is 2.48 bits per heavy atom. The predicted octanol–water partition coefficient (Wildman–Crippen LogP) is 3.20. The minimum Gasteiger partial charge on any atom is -0.494 e. The Bertz CT molecular complexity index is 783. The fourth-order valence-electron chi connectivity index (χ4n) is 2.83. The van der Waals surface area contributed by atoms with Gasteiger partial charge in [-0.15, -0.1) is 0 Å². The summed E-state index contributed by atoms with van der Waals surface area (Å²) in [5, 5.41) is 2.85. The molecule has 0 spiro atoms. The van der Waals surface area contributed by atoms with Crippen LogP contribution in [0.1, 0.15) is 34.1 Å². The van der Waals surface area contributed by atoms with E-state index in [9.17, 15) is 9.59 Å². The number of carbonyl (C=O) groups excluding carboxylic acids is 2. The summed E-state index contributed by atoms with van der Waals surface area (Å²) < 4.78 is 10.8. The molecule has 1 saturated heterocycles. The van der Waals surface area contributed by atoms with Crippen LogP contribution in [0.2, 0.25) is 0 Å². The second-order valence-electron chi connectivity index (χ2n) is 6.28. The molecule has 0 aliphatic carbocycles. The molecule has 3 rings (SSSR count). The van der Waals surface area contributed by atoms with Crippen LogP contribution in [0.3, 0.4) is 0 Å². The number of carbonyl (C=O) groups is 2. The Morgan fingerprint density at radius 2 is 1.78 bits per heavy atom. The molecule has 0 bridgehead atoms. The standard InChI is InChI=1S/C21H24N2O4/c1-2-13-27-17-9-7-16(8-10-17)20(24)22-19-6-4-3-5-18(19)21(25)23-11-14-26-15-12-23/h3-10H,2,11-15H2,1H3,(H,22,24). The van der Waals surface area contributed by atoms with Gasteiger partial charge in [0.2, 0.25) is 0 Å². The number of morpholine rings is 1. The number of hydrogen-bond acceptors (Lipinski definition) is 4. The number of nitrogens with zero attached hydrogens (tertiary/aromatic N) is 1. The summed E-state index contributed by atoms with van der Waals surface area (Å²) in [6.07, 6.45) is 0.927. The summed E-state index contributed by atoms with van der Waals surface area (Å²) in [5.74, 6) is 0.369. The van der Waals surface area contributed by atoms with E-state index in [0.717, 1.165) is 12.2 Å². The quantitative estimate of drug-likeness (QED) is 0.850. The van der Waals surface area contributed by atoms with Gasteiger partial charge >= 0.3 is 0 Å². The minimum atomic E-state index is -0.265. The highest BCUT2D eigenvalue weighted by molar-refractivity contribution is 6.09. The highest BCUT2D eigenvalue weighted by atomic mass is 16.5. The SMILES string of the molecule is CCCOc1ccc(C(=O)Nc2ccccc2C(=O)N2CCOCC2)cc1. The molecule has 2 aromatic carbocycles. The van der Waals surface area contributed by atoms with Gasteiger partial charge in [0, 0.05) is 18.7 Å². The number of ether oxygens (including phenoxy) is 2. The third-order valence-electron chi connectivity index (χ3n) is 4.29. The molecule has 1 aliphatic rings. The monoisotopic (exact) mass is 368 g/mol. The number of hydrogen-bond donors (Lipinski definition) is 1. The van der Waals surface area contributed by atoms with Gasteiger partial charge < -0.3 is 19.7 Å². The second-order valence-corrected chi connectivity index (χ2v) is 6.28. The number of amides is 2. The Balaban J connectivity index is 1.71. The lowest BCUT2D eigenvalue weighted by atomic mass is 10.1. The van der Waals surface area contributed by atoms with E-state index in [1.54, 1.807) is 53.4 Å². The van der Waals surface area contributed by atoms with E-state index in [2.05, 4.69) is 5.32 Å². The van der Waals surface area contributed by atoms with E-state index in [0.29, 0.717) is 49.7 Å². The van der Waals surface area contributed by atoms with Gasteiger partial charge in [-0.25, -0.2) is 0 Å². The molecule has 142 valence electrons. The van der Waals surface area contributed by atoms with Crippen molar-refractivity contribution in [3.8, 4) is 5.75 Å². The number of rotatable bonds is 6. The molecule has 27 heavy (non-hydrogen) atoms. The topological polar surface area (TPSA) is 67.9 Å². The van der Waals surface area contributed by atoms with Crippen molar-refractivity contribution in [1.29, 1.82) is 0 Å². The average molecular weight is 368 g/mol. The molecule has 0 saturated carbocycles. The summed E-state index contributed by atoms with van der Waals surface area (Å²) >= 11 is 0. The molecular weight excluding hydrogens is 344 g/mol. The fraction of sp³-hybridized carbons (Fsp3) is 0.333. The van der Waals surface area contributed by atoms with Crippen LogP contribution in [0.5, 0.6) is 5.75 Å². The van der Waals surface area contributed by atoms with Crippen molar-refractivity contribution in [2.45, 2.75) is 13.3 Å². The number of nitrogens with one attached hydrogen (secondary N) is 1. The molecule has 2 aromatic rings. The normalized spacial score (nSPS) is 13.9. The van der Waals surface area contributed by atoms with Gasteiger partial charge in [-0.1, -0.05) is 19.1 Å². The largest absolute Gasteiger partial charge is 0.494 e. The molecule has 1 N–H and O–H groups in total. The van der Waals surface area contributed by atoms with E-state index >= 15 is 0 Å². The molecule has 0 radical (unpaired) electrons. The molecule has 0 unspecified atom stereocenters. The van der Waals surface area contributed by atoms with Gasteiger partial charge in [0.15, 0.2) is 0 Å². The van der Waals surface area contributed by atoms with Crippen LogP contribution in [0.25, 0.3) is 0 Å². The lowest BCUT2D eigenvalue weighted by Gasteiger charge is -2.27. The van der Waals surface area contributed by atoms with Crippen molar-refractivity contribution >= 4 is 17.5 Å². The summed E-state index contributed by atoms with van der Waals surface area (Å²) in [6, 6.07) is 14.0. The van der Waals surface area contributed by atoms with Gasteiger partial charge in [0.05, 0.1) is 31.1 Å². The van der Waals surface area contributed by atoms with Crippen molar-refractivity contribution in [2.75, 3.05) is 38.2 Å². The first-order valence-electron chi connectivity index (χ1n) is 9.19. The summed E-state index contributed by atoms with van der Waals surface area (Å²) in [6.45, 7) is 4.86. The lowest BCUT2D eigenvalue weighted by molar-refractivity contribution is 0.0303. The van der Waals surface area contributed by atoms with E-state index < -0.39 is 0 Å². The van der Waals surface area contributed by atoms with Crippen molar-refractivity contribution in [3.05, 3.63) is 59.7 Å². The Labute approximate surface area is 159 Å². The third kappa shape index (κ3) is 4.86. The molecule has 1 fully saturated rings. The van der Waals surface area contributed by atoms with E-state index in [-0.39, 0.29) is 11.8 Å². The van der Waals surface area contributed by atoms with Gasteiger partial charge in [-0.05, 0) is 42.8 Å². The molecule has 1 aliphatic heterocycles. The average Bonchev–Trinajstić information content (AvgIpc) is 2.73. The fourth-order valence-corrected chi connectivity index (χ4v) is 2.83. The maximum absolute atomic E-state index is 12.8. The summed E-state index contributed by atoms with van der Waals surface area (Å²) in [4.78, 5) is 27.1. The summed E-state index contributed by atoms with van der Waals surface area (Å²) in [5.41, 5.74) is 1.49.